The van der Waals surface area contributed by atoms with Gasteiger partial charge in [-0.05, 0) is 49.7 Å². The first kappa shape index (κ1) is 20.5. The zero-order valence-corrected chi connectivity index (χ0v) is 17.4. The molecule has 0 bridgehead atoms. The van der Waals surface area contributed by atoms with Crippen LogP contribution in [0.15, 0.2) is 18.2 Å². The van der Waals surface area contributed by atoms with Crippen LogP contribution in [0.1, 0.15) is 44.6 Å². The fourth-order valence-corrected chi connectivity index (χ4v) is 4.58. The van der Waals surface area contributed by atoms with E-state index in [2.05, 4.69) is 6.92 Å². The second kappa shape index (κ2) is 9.29. The van der Waals surface area contributed by atoms with Gasteiger partial charge in [0.05, 0.1) is 10.0 Å². The standard InChI is InChI=1S/C21H28Cl2N2O2/c1-15-4-3-11-25(14-15)21(27)17-9-12-24(13-10-17)19(26)8-7-16-5-2-6-18(22)20(16)23/h2,5-6,15,17H,3-4,7-14H2,1H3/t15-/m0/s1. The molecule has 0 N–H and O–H groups in total. The summed E-state index contributed by atoms with van der Waals surface area (Å²) in [5.74, 6) is 1.09. The predicted octanol–water partition coefficient (Wildman–Crippen LogP) is 4.42. The average Bonchev–Trinajstić information content (AvgIpc) is 2.68. The number of halogens is 2. The molecule has 27 heavy (non-hydrogen) atoms. The molecule has 0 unspecified atom stereocenters. The lowest BCUT2D eigenvalue weighted by atomic mass is 9.92. The van der Waals surface area contributed by atoms with E-state index in [1.54, 1.807) is 6.07 Å². The molecule has 0 aliphatic carbocycles. The molecule has 0 aromatic heterocycles. The Morgan fingerprint density at radius 3 is 2.52 bits per heavy atom. The molecule has 2 aliphatic heterocycles. The predicted molar refractivity (Wildman–Crippen MR) is 109 cm³/mol. The first-order valence-corrected chi connectivity index (χ1v) is 10.7. The molecule has 4 nitrogen and oxygen atoms in total. The number of carbonyl (C=O) groups excluding carboxylic acids is 2. The molecule has 0 saturated carbocycles. The van der Waals surface area contributed by atoms with E-state index < -0.39 is 0 Å². The Kier molecular flexibility index (Phi) is 7.04. The van der Waals surface area contributed by atoms with Crippen molar-refractivity contribution in [2.75, 3.05) is 26.2 Å². The van der Waals surface area contributed by atoms with Crippen molar-refractivity contribution in [3.05, 3.63) is 33.8 Å². The third kappa shape index (κ3) is 5.17. The first-order chi connectivity index (χ1) is 13.0. The highest BCUT2D eigenvalue weighted by Crippen LogP contribution is 2.27. The molecule has 2 aliphatic rings. The minimum atomic E-state index is 0.0710. The number of likely N-dealkylation sites (tertiary alicyclic amines) is 2. The molecule has 2 heterocycles. The van der Waals surface area contributed by atoms with Crippen LogP contribution < -0.4 is 0 Å². The number of hydrogen-bond donors (Lipinski definition) is 0. The summed E-state index contributed by atoms with van der Waals surface area (Å²) in [5, 5.41) is 1.06. The molecule has 1 aromatic rings. The van der Waals surface area contributed by atoms with Gasteiger partial charge in [0.15, 0.2) is 0 Å². The van der Waals surface area contributed by atoms with E-state index in [1.165, 1.54) is 6.42 Å². The second-order valence-corrected chi connectivity index (χ2v) is 8.68. The minimum absolute atomic E-state index is 0.0710. The molecule has 0 spiro atoms. The zero-order valence-electron chi connectivity index (χ0n) is 15.9. The summed E-state index contributed by atoms with van der Waals surface area (Å²) < 4.78 is 0. The topological polar surface area (TPSA) is 40.6 Å². The molecule has 6 heteroatoms. The fourth-order valence-electron chi connectivity index (χ4n) is 4.16. The average molecular weight is 411 g/mol. The maximum Gasteiger partial charge on any atom is 0.225 e. The lowest BCUT2D eigenvalue weighted by molar-refractivity contribution is -0.142. The van der Waals surface area contributed by atoms with Gasteiger partial charge in [-0.15, -0.1) is 0 Å². The van der Waals surface area contributed by atoms with E-state index in [-0.39, 0.29) is 11.8 Å². The van der Waals surface area contributed by atoms with Gasteiger partial charge in [-0.25, -0.2) is 0 Å². The Morgan fingerprint density at radius 2 is 1.81 bits per heavy atom. The Balaban J connectivity index is 1.46. The van der Waals surface area contributed by atoms with Gasteiger partial charge in [-0.1, -0.05) is 42.3 Å². The van der Waals surface area contributed by atoms with Gasteiger partial charge in [0.1, 0.15) is 0 Å². The summed E-state index contributed by atoms with van der Waals surface area (Å²) in [4.78, 5) is 29.2. The number of hydrogen-bond acceptors (Lipinski definition) is 2. The summed E-state index contributed by atoms with van der Waals surface area (Å²) in [6.07, 6.45) is 4.87. The largest absolute Gasteiger partial charge is 0.343 e. The summed E-state index contributed by atoms with van der Waals surface area (Å²) >= 11 is 12.2. The van der Waals surface area contributed by atoms with Crippen LogP contribution in [-0.4, -0.2) is 47.8 Å². The zero-order chi connectivity index (χ0) is 19.4. The highest BCUT2D eigenvalue weighted by molar-refractivity contribution is 6.42. The third-order valence-corrected chi connectivity index (χ3v) is 6.66. The van der Waals surface area contributed by atoms with Crippen molar-refractivity contribution in [1.29, 1.82) is 0 Å². The van der Waals surface area contributed by atoms with Crippen LogP contribution in [0.4, 0.5) is 0 Å². The second-order valence-electron chi connectivity index (χ2n) is 7.90. The molecule has 2 amide bonds. The Morgan fingerprint density at radius 1 is 1.07 bits per heavy atom. The molecular formula is C21H28Cl2N2O2. The van der Waals surface area contributed by atoms with Crippen molar-refractivity contribution < 1.29 is 9.59 Å². The van der Waals surface area contributed by atoms with Crippen molar-refractivity contribution in [3.63, 3.8) is 0 Å². The number of amides is 2. The van der Waals surface area contributed by atoms with Crippen molar-refractivity contribution in [2.45, 2.75) is 45.4 Å². The quantitative estimate of drug-likeness (QED) is 0.736. The molecular weight excluding hydrogens is 383 g/mol. The van der Waals surface area contributed by atoms with Crippen LogP contribution in [0.3, 0.4) is 0 Å². The van der Waals surface area contributed by atoms with Gasteiger partial charge >= 0.3 is 0 Å². The lowest BCUT2D eigenvalue weighted by Crippen LogP contribution is -2.47. The summed E-state index contributed by atoms with van der Waals surface area (Å²) in [7, 11) is 0. The number of aryl methyl sites for hydroxylation is 1. The van der Waals surface area contributed by atoms with Gasteiger partial charge in [-0.2, -0.15) is 0 Å². The lowest BCUT2D eigenvalue weighted by Gasteiger charge is -2.37. The molecule has 0 radical (unpaired) electrons. The van der Waals surface area contributed by atoms with E-state index >= 15 is 0 Å². The maximum absolute atomic E-state index is 12.8. The normalized spacial score (nSPS) is 21.4. The van der Waals surface area contributed by atoms with Crippen molar-refractivity contribution in [3.8, 4) is 0 Å². The maximum atomic E-state index is 12.8. The van der Waals surface area contributed by atoms with Crippen LogP contribution in [0, 0.1) is 11.8 Å². The molecule has 2 saturated heterocycles. The summed E-state index contributed by atoms with van der Waals surface area (Å²) in [6.45, 7) is 5.33. The summed E-state index contributed by atoms with van der Waals surface area (Å²) in [5.41, 5.74) is 0.904. The highest BCUT2D eigenvalue weighted by atomic mass is 35.5. The number of carbonyl (C=O) groups is 2. The van der Waals surface area contributed by atoms with Gasteiger partial charge < -0.3 is 9.80 Å². The van der Waals surface area contributed by atoms with Crippen LogP contribution in [-0.2, 0) is 16.0 Å². The minimum Gasteiger partial charge on any atom is -0.343 e. The van der Waals surface area contributed by atoms with Gasteiger partial charge in [-0.3, -0.25) is 9.59 Å². The van der Waals surface area contributed by atoms with Crippen molar-refractivity contribution >= 4 is 35.0 Å². The van der Waals surface area contributed by atoms with Gasteiger partial charge in [0, 0.05) is 38.5 Å². The number of benzene rings is 1. The summed E-state index contributed by atoms with van der Waals surface area (Å²) in [6, 6.07) is 5.51. The highest BCUT2D eigenvalue weighted by Gasteiger charge is 2.31. The third-order valence-electron chi connectivity index (χ3n) is 5.81. The van der Waals surface area contributed by atoms with Crippen LogP contribution in [0.2, 0.25) is 10.0 Å². The molecule has 3 rings (SSSR count). The number of piperidine rings is 2. The van der Waals surface area contributed by atoms with Crippen molar-refractivity contribution in [1.82, 2.24) is 9.80 Å². The van der Waals surface area contributed by atoms with Crippen LogP contribution >= 0.6 is 23.2 Å². The Hall–Kier alpha value is -1.26. The Labute approximate surface area is 171 Å². The monoisotopic (exact) mass is 410 g/mol. The van der Waals surface area contributed by atoms with E-state index in [0.29, 0.717) is 47.8 Å². The Bertz CT molecular complexity index is 687. The fraction of sp³-hybridized carbons (Fsp3) is 0.619. The molecule has 148 valence electrons. The van der Waals surface area contributed by atoms with Crippen LogP contribution in [0.5, 0.6) is 0 Å². The first-order valence-electron chi connectivity index (χ1n) is 9.95. The number of rotatable bonds is 4. The van der Waals surface area contributed by atoms with Crippen molar-refractivity contribution in [2.24, 2.45) is 11.8 Å². The molecule has 1 atom stereocenters. The smallest absolute Gasteiger partial charge is 0.225 e. The van der Waals surface area contributed by atoms with Crippen LogP contribution in [0.25, 0.3) is 0 Å². The van der Waals surface area contributed by atoms with Gasteiger partial charge in [0.25, 0.3) is 0 Å². The SMILES string of the molecule is C[C@H]1CCCN(C(=O)C2CCN(C(=O)CCc3cccc(Cl)c3Cl)CC2)C1. The number of nitrogens with zero attached hydrogens (tertiary/aromatic N) is 2. The molecule has 1 aromatic carbocycles. The van der Waals surface area contributed by atoms with Gasteiger partial charge in [0.2, 0.25) is 11.8 Å². The van der Waals surface area contributed by atoms with E-state index in [4.69, 9.17) is 23.2 Å². The van der Waals surface area contributed by atoms with E-state index in [0.717, 1.165) is 37.9 Å². The van der Waals surface area contributed by atoms with E-state index in [1.807, 2.05) is 21.9 Å². The van der Waals surface area contributed by atoms with E-state index in [9.17, 15) is 9.59 Å². The molecule has 2 fully saturated rings.